The average Bonchev–Trinajstić information content (AvgIpc) is 3.17. The molecule has 1 unspecified atom stereocenters. The molecule has 0 spiro atoms. The lowest BCUT2D eigenvalue weighted by atomic mass is 10.0. The Balaban J connectivity index is 1.73. The minimum Gasteiger partial charge on any atom is -0.465 e. The first-order chi connectivity index (χ1) is 15.0. The average molecular weight is 424 g/mol. The lowest BCUT2D eigenvalue weighted by Crippen LogP contribution is -2.36. The number of likely N-dealkylation sites (tertiary alicyclic amines) is 1. The van der Waals surface area contributed by atoms with E-state index in [0.29, 0.717) is 23.4 Å². The lowest BCUT2D eigenvalue weighted by molar-refractivity contribution is 0.0600. The summed E-state index contributed by atoms with van der Waals surface area (Å²) in [5, 5.41) is 6.46. The van der Waals surface area contributed by atoms with E-state index in [2.05, 4.69) is 44.3 Å². The molecule has 0 aromatic heterocycles. The Morgan fingerprint density at radius 1 is 1.16 bits per heavy atom. The van der Waals surface area contributed by atoms with E-state index < -0.39 is 5.97 Å². The van der Waals surface area contributed by atoms with Gasteiger partial charge >= 0.3 is 5.97 Å². The first kappa shape index (κ1) is 21.1. The Morgan fingerprint density at radius 2 is 1.87 bits per heavy atom. The van der Waals surface area contributed by atoms with Gasteiger partial charge in [0.15, 0.2) is 0 Å². The maximum atomic E-state index is 12.3. The number of aromatic nitrogens is 3. The van der Waals surface area contributed by atoms with Crippen LogP contribution in [0.1, 0.15) is 41.2 Å². The highest BCUT2D eigenvalue weighted by atomic mass is 16.5. The van der Waals surface area contributed by atoms with Crippen LogP contribution < -0.4 is 10.5 Å². The molecule has 0 bridgehead atoms. The van der Waals surface area contributed by atoms with E-state index in [1.807, 2.05) is 18.7 Å². The number of methoxy groups -OCH3 is 1. The molecule has 3 aliphatic heterocycles. The van der Waals surface area contributed by atoms with Gasteiger partial charge in [0.05, 0.1) is 18.7 Å². The molecule has 0 radical (unpaired) electrons. The summed E-state index contributed by atoms with van der Waals surface area (Å²) in [5.74, 6) is -0.504. The first-order valence-electron chi connectivity index (χ1n) is 10.7. The Labute approximate surface area is 181 Å². The number of benzene rings is 1. The second-order valence-electron chi connectivity index (χ2n) is 8.27. The topological polar surface area (TPSA) is 83.5 Å². The molecule has 1 N–H and O–H groups in total. The summed E-state index contributed by atoms with van der Waals surface area (Å²) in [6.07, 6.45) is 7.12. The highest BCUT2D eigenvalue weighted by Gasteiger charge is 2.26. The number of piperidine rings is 1. The Kier molecular flexibility index (Phi) is 6.08. The molecule has 8 nitrogen and oxygen atoms in total. The van der Waals surface area contributed by atoms with Crippen LogP contribution in [0, 0.1) is 0 Å². The van der Waals surface area contributed by atoms with E-state index >= 15 is 0 Å². The van der Waals surface area contributed by atoms with E-state index in [4.69, 9.17) is 4.74 Å². The van der Waals surface area contributed by atoms with E-state index in [0.717, 1.165) is 18.8 Å². The summed E-state index contributed by atoms with van der Waals surface area (Å²) >= 11 is 0. The summed E-state index contributed by atoms with van der Waals surface area (Å²) in [4.78, 5) is 29.2. The smallest absolute Gasteiger partial charge is 0.341 e. The lowest BCUT2D eigenvalue weighted by Gasteiger charge is -2.35. The number of H-pyrrole nitrogens is 1. The predicted molar refractivity (Wildman–Crippen MR) is 120 cm³/mol. The third-order valence-electron chi connectivity index (χ3n) is 6.03. The van der Waals surface area contributed by atoms with Crippen LogP contribution in [0.4, 0.5) is 5.69 Å². The number of pyridine rings is 1. The van der Waals surface area contributed by atoms with Crippen LogP contribution in [0.15, 0.2) is 41.5 Å². The number of ether oxygens (including phenoxy) is 1. The number of nitrogens with one attached hydrogen (secondary N) is 1. The molecule has 0 saturated carbocycles. The maximum Gasteiger partial charge on any atom is 0.341 e. The molecule has 4 rings (SSSR count). The quantitative estimate of drug-likeness (QED) is 0.614. The van der Waals surface area contributed by atoms with Gasteiger partial charge in [0, 0.05) is 38.7 Å². The van der Waals surface area contributed by atoms with Crippen LogP contribution in [-0.2, 0) is 11.3 Å². The van der Waals surface area contributed by atoms with Crippen molar-refractivity contribution in [1.82, 2.24) is 19.7 Å². The van der Waals surface area contributed by atoms with Gasteiger partial charge in [0.1, 0.15) is 11.3 Å². The zero-order valence-corrected chi connectivity index (χ0v) is 18.3. The molecule has 164 valence electrons. The Hall–Kier alpha value is -3.13. The molecule has 0 amide bonds. The van der Waals surface area contributed by atoms with Crippen LogP contribution >= 0.6 is 0 Å². The zero-order valence-electron chi connectivity index (χ0n) is 18.3. The summed E-state index contributed by atoms with van der Waals surface area (Å²) in [5.41, 5.74) is 3.09. The minimum atomic E-state index is -0.504. The fourth-order valence-electron chi connectivity index (χ4n) is 4.31. The van der Waals surface area contributed by atoms with Crippen molar-refractivity contribution >= 4 is 11.7 Å². The number of anilines is 1. The number of esters is 1. The molecule has 0 aliphatic carbocycles. The van der Waals surface area contributed by atoms with Crippen molar-refractivity contribution in [1.29, 1.82) is 0 Å². The van der Waals surface area contributed by atoms with Gasteiger partial charge < -0.3 is 14.2 Å². The number of rotatable bonds is 6. The number of nitrogens with zero attached hydrogens (tertiary/aromatic N) is 4. The molecule has 1 fully saturated rings. The minimum absolute atomic E-state index is 0.131. The molecule has 8 heteroatoms. The highest BCUT2D eigenvalue weighted by molar-refractivity contribution is 5.95. The van der Waals surface area contributed by atoms with Gasteiger partial charge in [0.25, 0.3) is 5.56 Å². The summed E-state index contributed by atoms with van der Waals surface area (Å²) in [6, 6.07) is 8.74. The van der Waals surface area contributed by atoms with E-state index in [-0.39, 0.29) is 11.6 Å². The van der Waals surface area contributed by atoms with Gasteiger partial charge in [0.2, 0.25) is 0 Å². The number of hydrogen-bond donors (Lipinski definition) is 1. The van der Waals surface area contributed by atoms with Crippen molar-refractivity contribution in [2.45, 2.75) is 31.8 Å². The van der Waals surface area contributed by atoms with E-state index in [9.17, 15) is 9.59 Å². The third-order valence-corrected chi connectivity index (χ3v) is 6.03. The van der Waals surface area contributed by atoms with Gasteiger partial charge in [-0.3, -0.25) is 9.69 Å². The summed E-state index contributed by atoms with van der Waals surface area (Å²) < 4.78 is 6.85. The van der Waals surface area contributed by atoms with Crippen molar-refractivity contribution in [2.24, 2.45) is 0 Å². The van der Waals surface area contributed by atoms with Crippen LogP contribution in [0.3, 0.4) is 0 Å². The third kappa shape index (κ3) is 4.34. The normalized spacial score (nSPS) is 15.7. The number of hydrogen-bond acceptors (Lipinski definition) is 6. The monoisotopic (exact) mass is 423 g/mol. The van der Waals surface area contributed by atoms with Crippen molar-refractivity contribution in [3.8, 4) is 11.3 Å². The van der Waals surface area contributed by atoms with Gasteiger partial charge in [-0.1, -0.05) is 18.6 Å². The molecule has 1 atom stereocenters. The van der Waals surface area contributed by atoms with E-state index in [1.54, 1.807) is 12.4 Å². The maximum absolute atomic E-state index is 12.3. The predicted octanol–water partition coefficient (Wildman–Crippen LogP) is 2.76. The second kappa shape index (κ2) is 8.93. The van der Waals surface area contributed by atoms with Gasteiger partial charge in [-0.2, -0.15) is 5.10 Å². The Bertz CT molecular complexity index is 1060. The largest absolute Gasteiger partial charge is 0.465 e. The fraction of sp³-hybridized carbons (Fsp3) is 0.435. The van der Waals surface area contributed by atoms with Crippen LogP contribution in [0.2, 0.25) is 0 Å². The molecule has 1 aromatic rings. The van der Waals surface area contributed by atoms with Crippen molar-refractivity contribution in [2.75, 3.05) is 39.2 Å². The van der Waals surface area contributed by atoms with Crippen LogP contribution in [-0.4, -0.2) is 59.9 Å². The molecule has 31 heavy (non-hydrogen) atoms. The highest BCUT2D eigenvalue weighted by Crippen LogP contribution is 2.29. The molecule has 1 aromatic carbocycles. The van der Waals surface area contributed by atoms with Crippen molar-refractivity contribution in [3.63, 3.8) is 0 Å². The molecule has 1 saturated heterocycles. The Morgan fingerprint density at radius 3 is 2.52 bits per heavy atom. The zero-order chi connectivity index (χ0) is 22.0. The molecule has 3 heterocycles. The van der Waals surface area contributed by atoms with E-state index in [1.165, 1.54) is 31.9 Å². The van der Waals surface area contributed by atoms with Crippen LogP contribution in [0.25, 0.3) is 11.3 Å². The van der Waals surface area contributed by atoms with Crippen molar-refractivity contribution < 1.29 is 9.53 Å². The SMILES string of the molecule is COC(=O)c1cn(CC(c2ccc(N(C)C)cc2)N2CCCCC2)cc2c(=O)[nH]nc1-2. The van der Waals surface area contributed by atoms with Crippen molar-refractivity contribution in [3.05, 3.63) is 58.1 Å². The van der Waals surface area contributed by atoms with Gasteiger partial charge in [-0.05, 0) is 43.6 Å². The second-order valence-corrected chi connectivity index (χ2v) is 8.27. The summed E-state index contributed by atoms with van der Waals surface area (Å²) in [6.45, 7) is 2.68. The fourth-order valence-corrected chi connectivity index (χ4v) is 4.31. The molecular weight excluding hydrogens is 394 g/mol. The van der Waals surface area contributed by atoms with Gasteiger partial charge in [-0.15, -0.1) is 0 Å². The summed E-state index contributed by atoms with van der Waals surface area (Å²) in [7, 11) is 5.39. The molecular formula is C23H29N5O3. The van der Waals surface area contributed by atoms with Gasteiger partial charge in [-0.25, -0.2) is 9.89 Å². The first-order valence-corrected chi connectivity index (χ1v) is 10.7. The number of aromatic amines is 1. The van der Waals surface area contributed by atoms with Crippen LogP contribution in [0.5, 0.6) is 0 Å². The number of carbonyl (C=O) groups is 1. The molecule has 3 aliphatic rings. The number of carbonyl (C=O) groups excluding carboxylic acids is 1. The number of fused-ring (bicyclic) bond motifs is 1. The standard InChI is InChI=1S/C23H29N5O3/c1-26(2)17-9-7-16(8-10-17)20(28-11-5-4-6-12-28)15-27-13-18-21(24-25-22(18)29)19(14-27)23(30)31-3/h7-10,13-14,20H,4-6,11-12,15H2,1-3H3,(H,25,29).